The van der Waals surface area contributed by atoms with Crippen molar-refractivity contribution in [2.45, 2.75) is 10.1 Å². The topological polar surface area (TPSA) is 43.6 Å². The van der Waals surface area contributed by atoms with Crippen LogP contribution in [0.15, 0.2) is 34.3 Å². The summed E-state index contributed by atoms with van der Waals surface area (Å²) in [5, 5.41) is 12.0. The fourth-order valence-corrected chi connectivity index (χ4v) is 2.00. The summed E-state index contributed by atoms with van der Waals surface area (Å²) in [7, 11) is 1.83. The summed E-state index contributed by atoms with van der Waals surface area (Å²) in [6, 6.07) is 8.24. The molecule has 2 rings (SSSR count). The number of hydrogen-bond acceptors (Lipinski definition) is 4. The van der Waals surface area contributed by atoms with Gasteiger partial charge >= 0.3 is 0 Å². The Kier molecular flexibility index (Phi) is 3.02. The highest BCUT2D eigenvalue weighted by atomic mass is 127. The monoisotopic (exact) mass is 318 g/mol. The van der Waals surface area contributed by atoms with Gasteiger partial charge < -0.3 is 0 Å². The van der Waals surface area contributed by atoms with E-state index >= 15 is 0 Å². The molecule has 0 aliphatic heterocycles. The normalized spacial score (nSPS) is 10.4. The first-order chi connectivity index (χ1) is 6.75. The van der Waals surface area contributed by atoms with Crippen LogP contribution in [0.4, 0.5) is 0 Å². The molecule has 1 heterocycles. The van der Waals surface area contributed by atoms with Crippen LogP contribution in [-0.4, -0.2) is 20.2 Å². The lowest BCUT2D eigenvalue weighted by Gasteiger charge is -1.98. The molecule has 6 heteroatoms. The molecule has 0 atom stereocenters. The van der Waals surface area contributed by atoms with Crippen LogP contribution in [0.2, 0.25) is 0 Å². The Balaban J connectivity index is 2.19. The van der Waals surface area contributed by atoms with Crippen molar-refractivity contribution in [2.24, 2.45) is 7.05 Å². The van der Waals surface area contributed by atoms with Gasteiger partial charge in [-0.25, -0.2) is 4.68 Å². The van der Waals surface area contributed by atoms with Crippen molar-refractivity contribution in [1.29, 1.82) is 0 Å². The molecule has 14 heavy (non-hydrogen) atoms. The molecule has 0 aliphatic carbocycles. The lowest BCUT2D eigenvalue weighted by molar-refractivity contribution is 0.664. The van der Waals surface area contributed by atoms with Gasteiger partial charge in [0.25, 0.3) is 0 Å². The van der Waals surface area contributed by atoms with Crippen molar-refractivity contribution < 1.29 is 0 Å². The van der Waals surface area contributed by atoms with Crippen molar-refractivity contribution in [2.75, 3.05) is 0 Å². The number of aromatic nitrogens is 4. The van der Waals surface area contributed by atoms with Gasteiger partial charge in [0, 0.05) is 15.5 Å². The van der Waals surface area contributed by atoms with Crippen LogP contribution in [0.1, 0.15) is 0 Å². The van der Waals surface area contributed by atoms with Gasteiger partial charge in [-0.15, -0.1) is 5.10 Å². The fourth-order valence-electron chi connectivity index (χ4n) is 0.916. The predicted molar refractivity (Wildman–Crippen MR) is 62.1 cm³/mol. The number of tetrazole rings is 1. The molecule has 0 unspecified atom stereocenters. The van der Waals surface area contributed by atoms with Crippen molar-refractivity contribution in [1.82, 2.24) is 20.2 Å². The molecule has 1 aromatic heterocycles. The van der Waals surface area contributed by atoms with Crippen LogP contribution in [-0.2, 0) is 7.05 Å². The number of aryl methyl sites for hydroxylation is 1. The van der Waals surface area contributed by atoms with Gasteiger partial charge in [-0.2, -0.15) is 0 Å². The third-order valence-electron chi connectivity index (χ3n) is 1.60. The van der Waals surface area contributed by atoms with Gasteiger partial charge in [0.2, 0.25) is 5.16 Å². The highest BCUT2D eigenvalue weighted by molar-refractivity contribution is 14.1. The van der Waals surface area contributed by atoms with E-state index in [1.165, 1.54) is 3.57 Å². The zero-order valence-electron chi connectivity index (χ0n) is 7.38. The highest BCUT2D eigenvalue weighted by Gasteiger charge is 2.03. The fraction of sp³-hybridized carbons (Fsp3) is 0.125. The minimum absolute atomic E-state index is 0.797. The van der Waals surface area contributed by atoms with Crippen LogP contribution in [0.25, 0.3) is 0 Å². The lowest BCUT2D eigenvalue weighted by atomic mass is 10.4. The standard InChI is InChI=1S/C8H7IN4S/c1-13-8(10-11-12-13)14-7-4-2-6(9)3-5-7/h2-5H,1H3. The quantitative estimate of drug-likeness (QED) is 0.794. The summed E-state index contributed by atoms with van der Waals surface area (Å²) in [4.78, 5) is 1.14. The smallest absolute Gasteiger partial charge is 0.213 e. The first-order valence-corrected chi connectivity index (χ1v) is 5.81. The van der Waals surface area contributed by atoms with Gasteiger partial charge in [-0.05, 0) is 69.0 Å². The second-order valence-corrected chi connectivity index (χ2v) is 4.93. The van der Waals surface area contributed by atoms with Gasteiger partial charge in [-0.3, -0.25) is 0 Å². The van der Waals surface area contributed by atoms with Crippen molar-refractivity contribution in [3.63, 3.8) is 0 Å². The largest absolute Gasteiger partial charge is 0.223 e. The third-order valence-corrected chi connectivity index (χ3v) is 3.36. The molecule has 0 amide bonds. The Bertz CT molecular complexity index is 425. The Hall–Kier alpha value is -0.630. The maximum Gasteiger partial charge on any atom is 0.213 e. The van der Waals surface area contributed by atoms with Gasteiger partial charge in [0.15, 0.2) is 0 Å². The molecular formula is C8H7IN4S. The Labute approximate surface area is 99.2 Å². The third kappa shape index (κ3) is 2.24. The SMILES string of the molecule is Cn1nnnc1Sc1ccc(I)cc1. The van der Waals surface area contributed by atoms with E-state index in [9.17, 15) is 0 Å². The number of halogens is 1. The summed E-state index contributed by atoms with van der Waals surface area (Å²) in [6.45, 7) is 0. The average molecular weight is 318 g/mol. The second-order valence-electron chi connectivity index (χ2n) is 2.64. The molecule has 0 bridgehead atoms. The summed E-state index contributed by atoms with van der Waals surface area (Å²) in [6.07, 6.45) is 0. The van der Waals surface area contributed by atoms with Crippen LogP contribution in [0, 0.1) is 3.57 Å². The number of benzene rings is 1. The predicted octanol–water partition coefficient (Wildman–Crippen LogP) is 1.97. The molecule has 72 valence electrons. The number of hydrogen-bond donors (Lipinski definition) is 0. The van der Waals surface area contributed by atoms with Gasteiger partial charge in [0.05, 0.1) is 0 Å². The van der Waals surface area contributed by atoms with Crippen LogP contribution in [0.5, 0.6) is 0 Å². The van der Waals surface area contributed by atoms with Crippen LogP contribution < -0.4 is 0 Å². The van der Waals surface area contributed by atoms with E-state index in [4.69, 9.17) is 0 Å². The summed E-state index contributed by atoms with van der Waals surface area (Å²) < 4.78 is 2.88. The number of nitrogens with zero attached hydrogens (tertiary/aromatic N) is 4. The molecule has 0 N–H and O–H groups in total. The lowest BCUT2D eigenvalue weighted by Crippen LogP contribution is -1.92. The minimum Gasteiger partial charge on any atom is -0.223 e. The van der Waals surface area contributed by atoms with E-state index in [-0.39, 0.29) is 0 Å². The molecule has 1 aromatic carbocycles. The van der Waals surface area contributed by atoms with Crippen LogP contribution >= 0.6 is 34.4 Å². The van der Waals surface area contributed by atoms with E-state index in [0.29, 0.717) is 0 Å². The summed E-state index contributed by atoms with van der Waals surface area (Å²) in [5.74, 6) is 0. The van der Waals surface area contributed by atoms with Crippen molar-refractivity contribution in [3.05, 3.63) is 27.8 Å². The van der Waals surface area contributed by atoms with Crippen LogP contribution in [0.3, 0.4) is 0 Å². The molecule has 0 saturated carbocycles. The maximum atomic E-state index is 3.90. The zero-order valence-corrected chi connectivity index (χ0v) is 10.4. The van der Waals surface area contributed by atoms with Crippen molar-refractivity contribution >= 4 is 34.4 Å². The molecule has 0 aliphatic rings. The average Bonchev–Trinajstić information content (AvgIpc) is 2.56. The van der Waals surface area contributed by atoms with E-state index < -0.39 is 0 Å². The number of rotatable bonds is 2. The first kappa shape index (κ1) is 9.91. The maximum absolute atomic E-state index is 3.90. The first-order valence-electron chi connectivity index (χ1n) is 3.91. The minimum atomic E-state index is 0.797. The zero-order chi connectivity index (χ0) is 9.97. The van der Waals surface area contributed by atoms with E-state index in [2.05, 4.69) is 62.4 Å². The molecule has 0 fully saturated rings. The summed E-state index contributed by atoms with van der Waals surface area (Å²) in [5.41, 5.74) is 0. The molecule has 0 spiro atoms. The van der Waals surface area contributed by atoms with Gasteiger partial charge in [0.1, 0.15) is 0 Å². The molecule has 0 saturated heterocycles. The van der Waals surface area contributed by atoms with Gasteiger partial charge in [-0.1, -0.05) is 0 Å². The highest BCUT2D eigenvalue weighted by Crippen LogP contribution is 2.24. The molecular weight excluding hydrogens is 311 g/mol. The molecule has 2 aromatic rings. The summed E-state index contributed by atoms with van der Waals surface area (Å²) >= 11 is 3.83. The van der Waals surface area contributed by atoms with E-state index in [1.807, 2.05) is 7.05 Å². The Morgan fingerprint density at radius 3 is 2.57 bits per heavy atom. The van der Waals surface area contributed by atoms with E-state index in [1.54, 1.807) is 16.4 Å². The van der Waals surface area contributed by atoms with E-state index in [0.717, 1.165) is 10.1 Å². The van der Waals surface area contributed by atoms with Crippen molar-refractivity contribution in [3.8, 4) is 0 Å². The second kappa shape index (κ2) is 4.26. The Morgan fingerprint density at radius 1 is 1.29 bits per heavy atom. The Morgan fingerprint density at radius 2 is 2.00 bits per heavy atom. The molecule has 0 radical (unpaired) electrons. The molecule has 4 nitrogen and oxygen atoms in total.